The van der Waals surface area contributed by atoms with Crippen molar-refractivity contribution >= 4 is 23.3 Å². The minimum absolute atomic E-state index is 0.143. The summed E-state index contributed by atoms with van der Waals surface area (Å²) in [6.07, 6.45) is 7.27. The SMILES string of the molecule is O=C(/C=C/c1cccs1)N1CCN(C2CC2)CC1Cc1ccccc1. The topological polar surface area (TPSA) is 23.6 Å². The van der Waals surface area contributed by atoms with Crippen LogP contribution in [0.25, 0.3) is 6.08 Å². The zero-order valence-electron chi connectivity index (χ0n) is 14.4. The van der Waals surface area contributed by atoms with Crippen molar-refractivity contribution in [1.82, 2.24) is 9.80 Å². The van der Waals surface area contributed by atoms with Gasteiger partial charge in [-0.3, -0.25) is 9.69 Å². The fraction of sp³-hybridized carbons (Fsp3) is 0.381. The van der Waals surface area contributed by atoms with Crippen LogP contribution >= 0.6 is 11.3 Å². The first-order chi connectivity index (χ1) is 12.3. The smallest absolute Gasteiger partial charge is 0.246 e. The van der Waals surface area contributed by atoms with E-state index in [1.165, 1.54) is 18.4 Å². The van der Waals surface area contributed by atoms with Gasteiger partial charge in [-0.2, -0.15) is 0 Å². The molecule has 0 spiro atoms. The molecule has 1 aliphatic heterocycles. The predicted octanol–water partition coefficient (Wildman–Crippen LogP) is 3.68. The molecule has 1 aromatic heterocycles. The van der Waals surface area contributed by atoms with Gasteiger partial charge in [0.2, 0.25) is 5.91 Å². The van der Waals surface area contributed by atoms with Crippen molar-refractivity contribution in [3.8, 4) is 0 Å². The largest absolute Gasteiger partial charge is 0.333 e. The van der Waals surface area contributed by atoms with Crippen LogP contribution in [0.5, 0.6) is 0 Å². The van der Waals surface area contributed by atoms with Gasteiger partial charge in [0.25, 0.3) is 0 Å². The first-order valence-corrected chi connectivity index (χ1v) is 9.98. The van der Waals surface area contributed by atoms with E-state index in [1.54, 1.807) is 17.4 Å². The molecule has 2 aromatic rings. The van der Waals surface area contributed by atoms with Gasteiger partial charge in [-0.1, -0.05) is 36.4 Å². The summed E-state index contributed by atoms with van der Waals surface area (Å²) in [5, 5.41) is 2.04. The molecular formula is C21H24N2OS. The Morgan fingerprint density at radius 3 is 2.68 bits per heavy atom. The normalized spacial score (nSPS) is 21.8. The zero-order chi connectivity index (χ0) is 17.1. The van der Waals surface area contributed by atoms with Crippen LogP contribution in [0.4, 0.5) is 0 Å². The highest BCUT2D eigenvalue weighted by Gasteiger charge is 2.36. The Hall–Kier alpha value is -1.91. The summed E-state index contributed by atoms with van der Waals surface area (Å²) in [6.45, 7) is 2.84. The van der Waals surface area contributed by atoms with Crippen LogP contribution in [-0.4, -0.2) is 47.4 Å². The second-order valence-electron chi connectivity index (χ2n) is 6.95. The van der Waals surface area contributed by atoms with E-state index in [4.69, 9.17) is 0 Å². The van der Waals surface area contributed by atoms with Crippen LogP contribution in [0.1, 0.15) is 23.3 Å². The number of benzene rings is 1. The Bertz CT molecular complexity index is 722. The lowest BCUT2D eigenvalue weighted by Gasteiger charge is -2.41. The molecule has 0 bridgehead atoms. The number of rotatable bonds is 5. The van der Waals surface area contributed by atoms with Gasteiger partial charge in [0, 0.05) is 42.7 Å². The highest BCUT2D eigenvalue weighted by Crippen LogP contribution is 2.29. The molecular weight excluding hydrogens is 328 g/mol. The van der Waals surface area contributed by atoms with E-state index >= 15 is 0 Å². The van der Waals surface area contributed by atoms with Crippen molar-refractivity contribution in [2.75, 3.05) is 19.6 Å². The molecule has 1 saturated heterocycles. The Balaban J connectivity index is 1.48. The second kappa shape index (κ2) is 7.54. The number of carbonyl (C=O) groups is 1. The number of nitrogens with zero attached hydrogens (tertiary/aromatic N) is 2. The molecule has 2 heterocycles. The van der Waals surface area contributed by atoms with Crippen LogP contribution in [0.15, 0.2) is 53.9 Å². The quantitative estimate of drug-likeness (QED) is 0.767. The number of hydrogen-bond donors (Lipinski definition) is 0. The monoisotopic (exact) mass is 352 g/mol. The van der Waals surface area contributed by atoms with Crippen LogP contribution in [0.3, 0.4) is 0 Å². The van der Waals surface area contributed by atoms with Gasteiger partial charge in [0.05, 0.1) is 0 Å². The van der Waals surface area contributed by atoms with Crippen LogP contribution in [0.2, 0.25) is 0 Å². The lowest BCUT2D eigenvalue weighted by atomic mass is 10.0. The van der Waals surface area contributed by atoms with Gasteiger partial charge in [-0.15, -0.1) is 11.3 Å². The molecule has 0 N–H and O–H groups in total. The third kappa shape index (κ3) is 4.20. The molecule has 1 saturated carbocycles. The summed E-state index contributed by atoms with van der Waals surface area (Å²) in [4.78, 5) is 18.6. The molecule has 25 heavy (non-hydrogen) atoms. The number of piperazine rings is 1. The fourth-order valence-electron chi connectivity index (χ4n) is 3.64. The van der Waals surface area contributed by atoms with E-state index in [-0.39, 0.29) is 11.9 Å². The summed E-state index contributed by atoms with van der Waals surface area (Å²) >= 11 is 1.66. The van der Waals surface area contributed by atoms with Crippen LogP contribution < -0.4 is 0 Å². The van der Waals surface area contributed by atoms with E-state index in [1.807, 2.05) is 29.7 Å². The molecule has 1 aromatic carbocycles. The number of thiophene rings is 1. The Labute approximate surface area is 153 Å². The van der Waals surface area contributed by atoms with Gasteiger partial charge in [0.1, 0.15) is 0 Å². The average molecular weight is 353 g/mol. The highest BCUT2D eigenvalue weighted by molar-refractivity contribution is 7.10. The summed E-state index contributed by atoms with van der Waals surface area (Å²) < 4.78 is 0. The lowest BCUT2D eigenvalue weighted by molar-refractivity contribution is -0.130. The average Bonchev–Trinajstić information content (AvgIpc) is 3.36. The first-order valence-electron chi connectivity index (χ1n) is 9.10. The van der Waals surface area contributed by atoms with Gasteiger partial charge in [0.15, 0.2) is 0 Å². The summed E-state index contributed by atoms with van der Waals surface area (Å²) in [7, 11) is 0. The molecule has 4 heteroatoms. The van der Waals surface area contributed by atoms with E-state index in [2.05, 4.69) is 34.1 Å². The molecule has 2 fully saturated rings. The van der Waals surface area contributed by atoms with E-state index in [0.717, 1.165) is 37.0 Å². The standard InChI is InChI=1S/C21H24N2OS/c24-21(11-10-20-7-4-14-25-20)23-13-12-22(18-8-9-18)16-19(23)15-17-5-2-1-3-6-17/h1-7,10-11,14,18-19H,8-9,12-13,15-16H2/b11-10+. The summed E-state index contributed by atoms with van der Waals surface area (Å²) in [5.74, 6) is 0.143. The third-order valence-electron chi connectivity index (χ3n) is 5.11. The molecule has 1 amide bonds. The molecule has 1 unspecified atom stereocenters. The number of hydrogen-bond acceptors (Lipinski definition) is 3. The maximum Gasteiger partial charge on any atom is 0.246 e. The predicted molar refractivity (Wildman–Crippen MR) is 104 cm³/mol. The van der Waals surface area contributed by atoms with Crippen LogP contribution in [-0.2, 0) is 11.2 Å². The van der Waals surface area contributed by atoms with E-state index in [9.17, 15) is 4.79 Å². The van der Waals surface area contributed by atoms with Crippen molar-refractivity contribution in [2.45, 2.75) is 31.3 Å². The molecule has 130 valence electrons. The van der Waals surface area contributed by atoms with Crippen molar-refractivity contribution in [1.29, 1.82) is 0 Å². The molecule has 1 aliphatic carbocycles. The minimum Gasteiger partial charge on any atom is -0.333 e. The first kappa shape index (κ1) is 16.6. The van der Waals surface area contributed by atoms with Gasteiger partial charge in [-0.05, 0) is 42.3 Å². The van der Waals surface area contributed by atoms with E-state index < -0.39 is 0 Å². The fourth-order valence-corrected chi connectivity index (χ4v) is 4.25. The van der Waals surface area contributed by atoms with Crippen LogP contribution in [0, 0.1) is 0 Å². The molecule has 2 aliphatic rings. The number of amides is 1. The van der Waals surface area contributed by atoms with Crippen molar-refractivity contribution < 1.29 is 4.79 Å². The summed E-state index contributed by atoms with van der Waals surface area (Å²) in [6, 6.07) is 15.6. The Kier molecular flexibility index (Phi) is 4.99. The molecule has 3 nitrogen and oxygen atoms in total. The molecule has 1 atom stereocenters. The maximum absolute atomic E-state index is 12.8. The van der Waals surface area contributed by atoms with Crippen molar-refractivity contribution in [3.05, 3.63) is 64.4 Å². The van der Waals surface area contributed by atoms with Gasteiger partial charge in [-0.25, -0.2) is 0 Å². The van der Waals surface area contributed by atoms with Gasteiger partial charge >= 0.3 is 0 Å². The third-order valence-corrected chi connectivity index (χ3v) is 5.95. The summed E-state index contributed by atoms with van der Waals surface area (Å²) in [5.41, 5.74) is 1.31. The Morgan fingerprint density at radius 1 is 1.12 bits per heavy atom. The molecule has 0 radical (unpaired) electrons. The van der Waals surface area contributed by atoms with Gasteiger partial charge < -0.3 is 4.90 Å². The lowest BCUT2D eigenvalue weighted by Crippen LogP contribution is -2.56. The molecule has 4 rings (SSSR count). The Morgan fingerprint density at radius 2 is 1.96 bits per heavy atom. The van der Waals surface area contributed by atoms with Crippen molar-refractivity contribution in [2.24, 2.45) is 0 Å². The van der Waals surface area contributed by atoms with Crippen molar-refractivity contribution in [3.63, 3.8) is 0 Å². The second-order valence-corrected chi connectivity index (χ2v) is 7.93. The zero-order valence-corrected chi connectivity index (χ0v) is 15.2. The van der Waals surface area contributed by atoms with E-state index in [0.29, 0.717) is 0 Å². The maximum atomic E-state index is 12.8. The minimum atomic E-state index is 0.143. The highest BCUT2D eigenvalue weighted by atomic mass is 32.1. The number of carbonyl (C=O) groups excluding carboxylic acids is 1.